The van der Waals surface area contributed by atoms with Crippen LogP contribution < -0.4 is 4.72 Å². The van der Waals surface area contributed by atoms with Gasteiger partial charge in [-0.3, -0.25) is 14.8 Å². The fraction of sp³-hybridized carbons (Fsp3) is 0.364. The number of non-ortho nitro benzene ring substituents is 1. The zero-order chi connectivity index (χ0) is 15.2. The molecule has 1 N–H and O–H groups in total. The minimum absolute atomic E-state index is 0.0315. The van der Waals surface area contributed by atoms with Crippen molar-refractivity contribution in [3.05, 3.63) is 33.9 Å². The fourth-order valence-electron chi connectivity index (χ4n) is 1.43. The topological polar surface area (TPSA) is 113 Å². The van der Waals surface area contributed by atoms with Crippen LogP contribution in [0.4, 0.5) is 11.4 Å². The number of nitrogens with zero attached hydrogens (tertiary/aromatic N) is 2. The molecule has 0 aliphatic rings. The molecule has 0 heterocycles. The summed E-state index contributed by atoms with van der Waals surface area (Å²) in [6, 6.07) is 5.09. The van der Waals surface area contributed by atoms with Gasteiger partial charge in [0.1, 0.15) is 6.07 Å². The number of nitriles is 1. The molecule has 0 atom stereocenters. The number of benzene rings is 1. The van der Waals surface area contributed by atoms with Crippen LogP contribution in [-0.2, 0) is 10.0 Å². The lowest BCUT2D eigenvalue weighted by atomic mass is 10.2. The van der Waals surface area contributed by atoms with E-state index in [9.17, 15) is 18.5 Å². The second-order valence-electron chi connectivity index (χ2n) is 3.92. The fourth-order valence-corrected chi connectivity index (χ4v) is 2.82. The Hall–Kier alpha value is -1.85. The summed E-state index contributed by atoms with van der Waals surface area (Å²) in [5.41, 5.74) is -0.337. The van der Waals surface area contributed by atoms with Crippen molar-refractivity contribution in [1.29, 1.82) is 5.26 Å². The van der Waals surface area contributed by atoms with Gasteiger partial charge in [0.2, 0.25) is 10.0 Å². The molecule has 0 saturated carbocycles. The first-order chi connectivity index (χ1) is 9.39. The molecule has 0 amide bonds. The van der Waals surface area contributed by atoms with Crippen LogP contribution in [0.1, 0.15) is 18.4 Å². The summed E-state index contributed by atoms with van der Waals surface area (Å²) in [5, 5.41) is 19.5. The van der Waals surface area contributed by atoms with Crippen molar-refractivity contribution in [3.63, 3.8) is 0 Å². The Kier molecular flexibility index (Phi) is 5.73. The highest BCUT2D eigenvalue weighted by atomic mass is 35.5. The van der Waals surface area contributed by atoms with Gasteiger partial charge in [0.15, 0.2) is 0 Å². The maximum absolute atomic E-state index is 11.8. The number of rotatable bonds is 7. The molecule has 1 aromatic rings. The predicted octanol–water partition coefficient (Wildman–Crippen LogP) is 2.23. The van der Waals surface area contributed by atoms with Gasteiger partial charge in [-0.25, -0.2) is 8.42 Å². The summed E-state index contributed by atoms with van der Waals surface area (Å²) in [6.07, 6.45) is 0.960. The minimum atomic E-state index is -3.60. The smallest absolute Gasteiger partial charge is 0.270 e. The Balaban J connectivity index is 2.93. The molecule has 0 aromatic heterocycles. The number of nitro benzene ring substituents is 1. The molecular weight excluding hydrogens is 306 g/mol. The third-order valence-electron chi connectivity index (χ3n) is 2.40. The second-order valence-corrected chi connectivity index (χ2v) is 6.14. The molecule has 7 nitrogen and oxygen atoms in total. The molecule has 20 heavy (non-hydrogen) atoms. The number of unbranched alkanes of at least 4 members (excludes halogenated alkanes) is 1. The highest BCUT2D eigenvalue weighted by Crippen LogP contribution is 2.22. The molecule has 0 saturated heterocycles. The van der Waals surface area contributed by atoms with Gasteiger partial charge in [-0.1, -0.05) is 0 Å². The molecule has 108 valence electrons. The summed E-state index contributed by atoms with van der Waals surface area (Å²) in [4.78, 5) is 9.93. The molecule has 1 aromatic carbocycles. The number of nitro groups is 1. The van der Waals surface area contributed by atoms with Crippen molar-refractivity contribution in [2.75, 3.05) is 16.4 Å². The summed E-state index contributed by atoms with van der Waals surface area (Å²) >= 11 is 5.46. The Morgan fingerprint density at radius 1 is 1.40 bits per heavy atom. The van der Waals surface area contributed by atoms with Gasteiger partial charge in [0.25, 0.3) is 5.69 Å². The van der Waals surface area contributed by atoms with Crippen LogP contribution in [0.15, 0.2) is 18.2 Å². The second kappa shape index (κ2) is 7.07. The van der Waals surface area contributed by atoms with E-state index in [2.05, 4.69) is 4.72 Å². The summed E-state index contributed by atoms with van der Waals surface area (Å²) in [5.74, 6) is 0.248. The predicted molar refractivity (Wildman–Crippen MR) is 75.2 cm³/mol. The van der Waals surface area contributed by atoms with E-state index in [0.717, 1.165) is 12.1 Å². The molecule has 0 unspecified atom stereocenters. The standard InChI is InChI=1S/C11H12ClN3O4S/c12-5-1-2-6-20(18,19)14-11-4-3-10(15(16)17)7-9(11)8-13/h3-4,7,14H,1-2,5-6H2. The molecule has 9 heteroatoms. The summed E-state index contributed by atoms with van der Waals surface area (Å²) < 4.78 is 25.8. The van der Waals surface area contributed by atoms with E-state index in [1.54, 1.807) is 6.07 Å². The molecular formula is C11H12ClN3O4S. The lowest BCUT2D eigenvalue weighted by Crippen LogP contribution is -2.17. The quantitative estimate of drug-likeness (QED) is 0.358. The number of hydrogen-bond donors (Lipinski definition) is 1. The molecule has 0 fully saturated rings. The van der Waals surface area contributed by atoms with Crippen LogP contribution in [0.3, 0.4) is 0 Å². The van der Waals surface area contributed by atoms with Crippen molar-refractivity contribution >= 4 is 33.0 Å². The van der Waals surface area contributed by atoms with E-state index in [1.165, 1.54) is 6.07 Å². The van der Waals surface area contributed by atoms with Crippen LogP contribution in [0, 0.1) is 21.4 Å². The van der Waals surface area contributed by atoms with E-state index in [0.29, 0.717) is 18.7 Å². The average Bonchev–Trinajstić information content (AvgIpc) is 2.38. The van der Waals surface area contributed by atoms with Crippen LogP contribution in [-0.4, -0.2) is 25.0 Å². The molecule has 0 radical (unpaired) electrons. The van der Waals surface area contributed by atoms with E-state index in [-0.39, 0.29) is 22.7 Å². The van der Waals surface area contributed by atoms with Gasteiger partial charge in [0, 0.05) is 18.0 Å². The van der Waals surface area contributed by atoms with Crippen LogP contribution in [0.5, 0.6) is 0 Å². The Morgan fingerprint density at radius 2 is 2.10 bits per heavy atom. The Labute approximate surface area is 121 Å². The van der Waals surface area contributed by atoms with Gasteiger partial charge in [-0.2, -0.15) is 5.26 Å². The number of nitrogens with one attached hydrogen (secondary N) is 1. The number of halogens is 1. The molecule has 0 bridgehead atoms. The normalized spacial score (nSPS) is 10.8. The average molecular weight is 318 g/mol. The highest BCUT2D eigenvalue weighted by Gasteiger charge is 2.15. The third-order valence-corrected chi connectivity index (χ3v) is 4.02. The first kappa shape index (κ1) is 16.2. The lowest BCUT2D eigenvalue weighted by molar-refractivity contribution is -0.384. The molecule has 0 spiro atoms. The van der Waals surface area contributed by atoms with Crippen molar-refractivity contribution < 1.29 is 13.3 Å². The maximum Gasteiger partial charge on any atom is 0.270 e. The van der Waals surface area contributed by atoms with Crippen molar-refractivity contribution in [2.45, 2.75) is 12.8 Å². The lowest BCUT2D eigenvalue weighted by Gasteiger charge is -2.08. The largest absolute Gasteiger partial charge is 0.282 e. The summed E-state index contributed by atoms with van der Waals surface area (Å²) in [6.45, 7) is 0. The minimum Gasteiger partial charge on any atom is -0.282 e. The van der Waals surface area contributed by atoms with Crippen LogP contribution >= 0.6 is 11.6 Å². The van der Waals surface area contributed by atoms with Gasteiger partial charge >= 0.3 is 0 Å². The number of anilines is 1. The van der Waals surface area contributed by atoms with Crippen molar-refractivity contribution in [2.24, 2.45) is 0 Å². The molecule has 0 aliphatic heterocycles. The van der Waals surface area contributed by atoms with E-state index in [4.69, 9.17) is 16.9 Å². The Bertz CT molecular complexity index is 640. The highest BCUT2D eigenvalue weighted by molar-refractivity contribution is 7.92. The number of alkyl halides is 1. The number of hydrogen-bond acceptors (Lipinski definition) is 5. The SMILES string of the molecule is N#Cc1cc([N+](=O)[O-])ccc1NS(=O)(=O)CCCCCl. The van der Waals surface area contributed by atoms with Crippen LogP contribution in [0.2, 0.25) is 0 Å². The first-order valence-corrected chi connectivity index (χ1v) is 7.83. The summed E-state index contributed by atoms with van der Waals surface area (Å²) in [7, 11) is -3.60. The first-order valence-electron chi connectivity index (χ1n) is 5.64. The van der Waals surface area contributed by atoms with E-state index in [1.807, 2.05) is 0 Å². The van der Waals surface area contributed by atoms with E-state index < -0.39 is 14.9 Å². The van der Waals surface area contributed by atoms with Gasteiger partial charge in [-0.05, 0) is 18.9 Å². The molecule has 1 rings (SSSR count). The van der Waals surface area contributed by atoms with Gasteiger partial charge < -0.3 is 0 Å². The van der Waals surface area contributed by atoms with Crippen molar-refractivity contribution in [1.82, 2.24) is 0 Å². The van der Waals surface area contributed by atoms with Gasteiger partial charge in [-0.15, -0.1) is 11.6 Å². The van der Waals surface area contributed by atoms with Crippen LogP contribution in [0.25, 0.3) is 0 Å². The monoisotopic (exact) mass is 317 g/mol. The van der Waals surface area contributed by atoms with E-state index >= 15 is 0 Å². The van der Waals surface area contributed by atoms with Gasteiger partial charge in [0.05, 0.1) is 21.9 Å². The molecule has 0 aliphatic carbocycles. The zero-order valence-corrected chi connectivity index (χ0v) is 11.9. The third kappa shape index (κ3) is 4.68. The van der Waals surface area contributed by atoms with Crippen molar-refractivity contribution in [3.8, 4) is 6.07 Å². The Morgan fingerprint density at radius 3 is 2.65 bits per heavy atom. The number of sulfonamides is 1. The maximum atomic E-state index is 11.8. The zero-order valence-electron chi connectivity index (χ0n) is 10.4.